The van der Waals surface area contributed by atoms with E-state index in [0.29, 0.717) is 26.4 Å². The van der Waals surface area contributed by atoms with Crippen molar-refractivity contribution in [2.75, 3.05) is 40.0 Å². The molecule has 0 aliphatic heterocycles. The van der Waals surface area contributed by atoms with E-state index in [-0.39, 0.29) is 25.8 Å². The largest absolute Gasteiger partial charge is 0.494 e. The zero-order valence-electron chi connectivity index (χ0n) is 38.1. The first-order valence-corrected chi connectivity index (χ1v) is 23.9. The summed E-state index contributed by atoms with van der Waals surface area (Å²) >= 11 is 0. The van der Waals surface area contributed by atoms with Crippen LogP contribution >= 0.6 is 0 Å². The van der Waals surface area contributed by atoms with Gasteiger partial charge in [0.1, 0.15) is 23.7 Å². The summed E-state index contributed by atoms with van der Waals surface area (Å²) in [5.41, 5.74) is 0. The Hall–Kier alpha value is -1.44. The van der Waals surface area contributed by atoms with Crippen LogP contribution in [0.15, 0.2) is 23.0 Å². The Kier molecular flexibility index (Phi) is 41.1. The van der Waals surface area contributed by atoms with E-state index in [9.17, 15) is 0 Å². The summed E-state index contributed by atoms with van der Waals surface area (Å²) in [5, 5.41) is 0. The van der Waals surface area contributed by atoms with Crippen molar-refractivity contribution in [1.29, 1.82) is 0 Å². The second-order valence-electron chi connectivity index (χ2n) is 15.5. The molecule has 328 valence electrons. The Morgan fingerprint density at radius 1 is 0.327 bits per heavy atom. The van der Waals surface area contributed by atoms with E-state index in [4.69, 9.17) is 33.2 Å². The molecule has 0 aliphatic carbocycles. The molecule has 0 aromatic carbocycles. The maximum Gasteiger partial charge on any atom is 0.162 e. The fourth-order valence-electron chi connectivity index (χ4n) is 6.63. The lowest BCUT2D eigenvalue weighted by Gasteiger charge is -2.26. The van der Waals surface area contributed by atoms with Gasteiger partial charge in [-0.3, -0.25) is 0 Å². The minimum absolute atomic E-state index is 0.130. The van der Waals surface area contributed by atoms with Crippen LogP contribution < -0.4 is 0 Å². The number of unbranched alkanes of at least 4 members (excludes halogenated alkanes) is 16. The number of rotatable bonds is 44. The van der Waals surface area contributed by atoms with Gasteiger partial charge in [-0.05, 0) is 51.4 Å². The van der Waals surface area contributed by atoms with Crippen molar-refractivity contribution in [2.45, 2.75) is 247 Å². The summed E-state index contributed by atoms with van der Waals surface area (Å²) in [7, 11) is 0. The highest BCUT2D eigenvalue weighted by molar-refractivity contribution is 5.09. The smallest absolute Gasteiger partial charge is 0.162 e. The van der Waals surface area contributed by atoms with Crippen LogP contribution in [0.3, 0.4) is 0 Å². The van der Waals surface area contributed by atoms with Gasteiger partial charge in [-0.15, -0.1) is 0 Å². The molecular formula is C48H94O7. The standard InChI is InChI=1S/C48H94O7/c1-9-17-21-23-25-27-31-35-45(47(52-39-15-7)43(50-37-13-5)33-29-19-11-3)54-41-49-42-55-46(36-32-28-26-24-22-18-10-2)48(53-40-16-8)44(51-38-14-6)34-30-20-12-4/h45-46H,9-42H2,1-8H3. The van der Waals surface area contributed by atoms with Gasteiger partial charge in [-0.1, -0.05) is 171 Å². The van der Waals surface area contributed by atoms with E-state index < -0.39 is 0 Å². The Morgan fingerprint density at radius 2 is 0.636 bits per heavy atom. The van der Waals surface area contributed by atoms with E-state index in [2.05, 4.69) is 55.4 Å². The van der Waals surface area contributed by atoms with Gasteiger partial charge in [0, 0.05) is 12.8 Å². The zero-order chi connectivity index (χ0) is 40.5. The summed E-state index contributed by atoms with van der Waals surface area (Å²) in [4.78, 5) is 0. The lowest BCUT2D eigenvalue weighted by molar-refractivity contribution is -0.167. The minimum atomic E-state index is -0.213. The van der Waals surface area contributed by atoms with Crippen LogP contribution in [0.5, 0.6) is 0 Å². The predicted octanol–water partition coefficient (Wildman–Crippen LogP) is 15.3. The molecule has 7 nitrogen and oxygen atoms in total. The van der Waals surface area contributed by atoms with Gasteiger partial charge in [0.05, 0.1) is 26.4 Å². The van der Waals surface area contributed by atoms with Crippen LogP contribution in [0, 0.1) is 0 Å². The predicted molar refractivity (Wildman–Crippen MR) is 233 cm³/mol. The summed E-state index contributed by atoms with van der Waals surface area (Å²) in [6, 6.07) is 0. The van der Waals surface area contributed by atoms with Gasteiger partial charge >= 0.3 is 0 Å². The highest BCUT2D eigenvalue weighted by Crippen LogP contribution is 2.27. The monoisotopic (exact) mass is 783 g/mol. The zero-order valence-corrected chi connectivity index (χ0v) is 38.1. The molecule has 0 heterocycles. The second kappa shape index (κ2) is 42.2. The lowest BCUT2D eigenvalue weighted by atomic mass is 10.0. The fraction of sp³-hybridized carbons (Fsp3) is 0.917. The van der Waals surface area contributed by atoms with Crippen LogP contribution in [-0.2, 0) is 33.2 Å². The molecule has 0 radical (unpaired) electrons. The number of hydrogen-bond acceptors (Lipinski definition) is 7. The van der Waals surface area contributed by atoms with Crippen molar-refractivity contribution in [3.05, 3.63) is 23.0 Å². The normalized spacial score (nSPS) is 13.7. The Balaban J connectivity index is 6.11. The fourth-order valence-corrected chi connectivity index (χ4v) is 6.63. The maximum atomic E-state index is 6.60. The first kappa shape index (κ1) is 53.6. The third-order valence-corrected chi connectivity index (χ3v) is 9.88. The number of ether oxygens (including phenoxy) is 7. The highest BCUT2D eigenvalue weighted by atomic mass is 16.7. The highest BCUT2D eigenvalue weighted by Gasteiger charge is 2.25. The van der Waals surface area contributed by atoms with Crippen LogP contribution in [0.1, 0.15) is 235 Å². The van der Waals surface area contributed by atoms with Gasteiger partial charge in [0.2, 0.25) is 0 Å². The molecule has 2 atom stereocenters. The third-order valence-electron chi connectivity index (χ3n) is 9.88. The van der Waals surface area contributed by atoms with Crippen LogP contribution in [0.2, 0.25) is 0 Å². The quantitative estimate of drug-likeness (QED) is 0.0346. The average Bonchev–Trinajstić information content (AvgIpc) is 3.19. The summed E-state index contributed by atoms with van der Waals surface area (Å²) in [6.45, 7) is 20.6. The van der Waals surface area contributed by atoms with Gasteiger partial charge in [0.15, 0.2) is 25.1 Å². The summed E-state index contributed by atoms with van der Waals surface area (Å²) in [6.07, 6.45) is 31.3. The van der Waals surface area contributed by atoms with Gasteiger partial charge in [-0.25, -0.2) is 0 Å². The van der Waals surface area contributed by atoms with Crippen molar-refractivity contribution < 1.29 is 33.2 Å². The molecular weight excluding hydrogens is 689 g/mol. The van der Waals surface area contributed by atoms with E-state index in [0.717, 1.165) is 100 Å². The molecule has 55 heavy (non-hydrogen) atoms. The molecule has 0 N–H and O–H groups in total. The topological polar surface area (TPSA) is 64.6 Å². The molecule has 0 aromatic heterocycles. The van der Waals surface area contributed by atoms with Crippen molar-refractivity contribution in [3.63, 3.8) is 0 Å². The molecule has 0 saturated heterocycles. The molecule has 0 rings (SSSR count). The van der Waals surface area contributed by atoms with Gasteiger partial charge in [-0.2, -0.15) is 0 Å². The van der Waals surface area contributed by atoms with Crippen LogP contribution in [0.4, 0.5) is 0 Å². The molecule has 0 bridgehead atoms. The van der Waals surface area contributed by atoms with Crippen LogP contribution in [-0.4, -0.2) is 52.2 Å². The molecule has 0 fully saturated rings. The van der Waals surface area contributed by atoms with Crippen LogP contribution in [0.25, 0.3) is 0 Å². The first-order chi connectivity index (χ1) is 27.1. The Morgan fingerprint density at radius 3 is 0.982 bits per heavy atom. The summed E-state index contributed by atoms with van der Waals surface area (Å²) < 4.78 is 45.2. The molecule has 0 aromatic rings. The second-order valence-corrected chi connectivity index (χ2v) is 15.5. The molecule has 2 unspecified atom stereocenters. The third kappa shape index (κ3) is 30.3. The SMILES string of the molecule is CCCCCCCCCC(OCOCOC(CCCCCCCCC)C(OCCC)=C(CCCCC)OCCC)C(OCCC)=C(CCCCC)OCCC. The van der Waals surface area contributed by atoms with Crippen molar-refractivity contribution in [1.82, 2.24) is 0 Å². The van der Waals surface area contributed by atoms with Crippen molar-refractivity contribution in [3.8, 4) is 0 Å². The lowest BCUT2D eigenvalue weighted by Crippen LogP contribution is -2.25. The summed E-state index contributed by atoms with van der Waals surface area (Å²) in [5.74, 6) is 3.69. The Labute approximate surface area is 342 Å². The Bertz CT molecular complexity index is 789. The molecule has 0 spiro atoms. The van der Waals surface area contributed by atoms with E-state index in [1.807, 2.05) is 0 Å². The molecule has 0 aliphatic rings. The van der Waals surface area contributed by atoms with Crippen molar-refractivity contribution >= 4 is 0 Å². The van der Waals surface area contributed by atoms with E-state index >= 15 is 0 Å². The van der Waals surface area contributed by atoms with Gasteiger partial charge < -0.3 is 33.2 Å². The number of allylic oxidation sites excluding steroid dienone is 2. The van der Waals surface area contributed by atoms with E-state index in [1.165, 1.54) is 103 Å². The molecule has 7 heteroatoms. The average molecular weight is 783 g/mol. The maximum absolute atomic E-state index is 6.60. The van der Waals surface area contributed by atoms with Crippen molar-refractivity contribution in [2.24, 2.45) is 0 Å². The minimum Gasteiger partial charge on any atom is -0.494 e. The first-order valence-electron chi connectivity index (χ1n) is 23.9. The van der Waals surface area contributed by atoms with E-state index in [1.54, 1.807) is 0 Å². The number of hydrogen-bond donors (Lipinski definition) is 0. The molecule has 0 amide bonds. The molecule has 0 saturated carbocycles. The van der Waals surface area contributed by atoms with Gasteiger partial charge in [0.25, 0.3) is 0 Å².